The Kier molecular flexibility index (Phi) is 4.28. The van der Waals surface area contributed by atoms with E-state index in [0.29, 0.717) is 18.2 Å². The van der Waals surface area contributed by atoms with Crippen molar-refractivity contribution in [3.8, 4) is 0 Å². The summed E-state index contributed by atoms with van der Waals surface area (Å²) in [7, 11) is 0. The molecule has 1 aromatic rings. The van der Waals surface area contributed by atoms with Crippen molar-refractivity contribution in [3.63, 3.8) is 0 Å². The molecule has 14 heavy (non-hydrogen) atoms. The second kappa shape index (κ2) is 5.26. The van der Waals surface area contributed by atoms with Crippen LogP contribution in [0.25, 0.3) is 0 Å². The van der Waals surface area contributed by atoms with Gasteiger partial charge in [-0.1, -0.05) is 6.92 Å². The van der Waals surface area contributed by atoms with Crippen LogP contribution in [0.1, 0.15) is 24.9 Å². The molecule has 1 rings (SSSR count). The lowest BCUT2D eigenvalue weighted by atomic mass is 10.4. The van der Waals surface area contributed by atoms with E-state index in [2.05, 4.69) is 32.8 Å². The molecule has 0 aliphatic carbocycles. The Labute approximate surface area is 92.0 Å². The Hall–Kier alpha value is -0.680. The first-order chi connectivity index (χ1) is 6.65. The molecule has 78 valence electrons. The van der Waals surface area contributed by atoms with Crippen molar-refractivity contribution in [1.82, 2.24) is 9.97 Å². The van der Waals surface area contributed by atoms with Crippen LogP contribution in [0.2, 0.25) is 0 Å². The Morgan fingerprint density at radius 2 is 2.14 bits per heavy atom. The molecule has 0 fully saturated rings. The Balaban J connectivity index is 2.69. The molecule has 1 heterocycles. The zero-order valence-electron chi connectivity index (χ0n) is 8.38. The fraction of sp³-hybridized carbons (Fsp3) is 0.556. The van der Waals surface area contributed by atoms with E-state index in [4.69, 9.17) is 10.5 Å². The number of hydrogen-bond acceptors (Lipinski definition) is 4. The van der Waals surface area contributed by atoms with Gasteiger partial charge in [0, 0.05) is 6.61 Å². The van der Waals surface area contributed by atoms with Crippen molar-refractivity contribution in [2.75, 3.05) is 12.3 Å². The van der Waals surface area contributed by atoms with Crippen LogP contribution in [0.3, 0.4) is 0 Å². The third-order valence-corrected chi connectivity index (χ3v) is 2.65. The Morgan fingerprint density at radius 3 is 2.71 bits per heavy atom. The summed E-state index contributed by atoms with van der Waals surface area (Å²) in [4.78, 5) is 8.34. The number of nitrogens with two attached hydrogens (primary N) is 1. The van der Waals surface area contributed by atoms with Gasteiger partial charge in [0.1, 0.15) is 12.4 Å². The molecule has 0 unspecified atom stereocenters. The summed E-state index contributed by atoms with van der Waals surface area (Å²) < 4.78 is 6.08. The maximum atomic E-state index is 5.67. The molecule has 0 aliphatic rings. The molecule has 4 nitrogen and oxygen atoms in total. The van der Waals surface area contributed by atoms with Crippen LogP contribution >= 0.6 is 15.9 Å². The van der Waals surface area contributed by atoms with E-state index >= 15 is 0 Å². The van der Waals surface area contributed by atoms with E-state index in [1.165, 1.54) is 0 Å². The van der Waals surface area contributed by atoms with Crippen molar-refractivity contribution in [3.05, 3.63) is 16.0 Å². The fourth-order valence-corrected chi connectivity index (χ4v) is 1.19. The molecular weight excluding hydrogens is 246 g/mol. The van der Waals surface area contributed by atoms with Gasteiger partial charge in [-0.15, -0.1) is 0 Å². The average molecular weight is 260 g/mol. The third kappa shape index (κ3) is 2.92. The number of anilines is 1. The minimum atomic E-state index is 0.423. The van der Waals surface area contributed by atoms with Gasteiger partial charge in [-0.25, -0.2) is 9.97 Å². The van der Waals surface area contributed by atoms with Crippen molar-refractivity contribution < 1.29 is 4.74 Å². The number of aryl methyl sites for hydroxylation is 1. The number of nitrogen functional groups attached to an aromatic ring is 1. The molecule has 2 N–H and O–H groups in total. The largest absolute Gasteiger partial charge is 0.383 e. The summed E-state index contributed by atoms with van der Waals surface area (Å²) in [5.41, 5.74) is 6.51. The molecule has 0 saturated heterocycles. The van der Waals surface area contributed by atoms with Crippen molar-refractivity contribution >= 4 is 21.7 Å². The topological polar surface area (TPSA) is 61.0 Å². The van der Waals surface area contributed by atoms with E-state index in [9.17, 15) is 0 Å². The molecule has 0 spiro atoms. The number of nitrogens with zero attached hydrogens (tertiary/aromatic N) is 2. The van der Waals surface area contributed by atoms with Gasteiger partial charge in [-0.3, -0.25) is 0 Å². The van der Waals surface area contributed by atoms with Gasteiger partial charge >= 0.3 is 0 Å². The second-order valence-electron chi connectivity index (χ2n) is 2.98. The number of halogens is 1. The standard InChI is InChI=1S/C9H14BrN3O/c1-3-4-14-5-7-12-6(2)8(10)9(11)13-7/h3-5H2,1-2H3,(H2,11,12,13). The first-order valence-corrected chi connectivity index (χ1v) is 5.30. The Bertz CT molecular complexity index is 294. The smallest absolute Gasteiger partial charge is 0.156 e. The summed E-state index contributed by atoms with van der Waals surface area (Å²) in [6.45, 7) is 5.08. The maximum Gasteiger partial charge on any atom is 0.156 e. The molecule has 0 aliphatic heterocycles. The van der Waals surface area contributed by atoms with Crippen LogP contribution in [0.15, 0.2) is 4.47 Å². The highest BCUT2D eigenvalue weighted by atomic mass is 79.9. The third-order valence-electron chi connectivity index (χ3n) is 1.67. The lowest BCUT2D eigenvalue weighted by Crippen LogP contribution is -2.05. The molecule has 0 bridgehead atoms. The highest BCUT2D eigenvalue weighted by molar-refractivity contribution is 9.10. The van der Waals surface area contributed by atoms with Crippen LogP contribution < -0.4 is 5.73 Å². The number of aromatic nitrogens is 2. The minimum absolute atomic E-state index is 0.423. The molecular formula is C9H14BrN3O. The van der Waals surface area contributed by atoms with E-state index in [0.717, 1.165) is 23.2 Å². The molecule has 0 radical (unpaired) electrons. The first kappa shape index (κ1) is 11.4. The molecule has 0 atom stereocenters. The van der Waals surface area contributed by atoms with Gasteiger partial charge < -0.3 is 10.5 Å². The summed E-state index contributed by atoms with van der Waals surface area (Å²) in [6.07, 6.45) is 0.991. The summed E-state index contributed by atoms with van der Waals surface area (Å²) in [5.74, 6) is 1.10. The van der Waals surface area contributed by atoms with Crippen molar-refractivity contribution in [2.45, 2.75) is 26.9 Å². The predicted octanol–water partition coefficient (Wildman–Crippen LogP) is 2.06. The lowest BCUT2D eigenvalue weighted by Gasteiger charge is -2.05. The highest BCUT2D eigenvalue weighted by Crippen LogP contribution is 2.19. The highest BCUT2D eigenvalue weighted by Gasteiger charge is 2.05. The van der Waals surface area contributed by atoms with Crippen LogP contribution in [0.4, 0.5) is 5.82 Å². The van der Waals surface area contributed by atoms with Gasteiger partial charge in [-0.05, 0) is 29.3 Å². The molecule has 0 saturated carbocycles. The SMILES string of the molecule is CCCOCc1nc(C)c(Br)c(N)n1. The van der Waals surface area contributed by atoms with E-state index in [1.54, 1.807) is 0 Å². The Morgan fingerprint density at radius 1 is 1.43 bits per heavy atom. The normalized spacial score (nSPS) is 10.5. The van der Waals surface area contributed by atoms with Gasteiger partial charge in [0.25, 0.3) is 0 Å². The number of rotatable bonds is 4. The summed E-state index contributed by atoms with van der Waals surface area (Å²) in [6, 6.07) is 0. The second-order valence-corrected chi connectivity index (χ2v) is 3.77. The van der Waals surface area contributed by atoms with Crippen LogP contribution in [0.5, 0.6) is 0 Å². The number of ether oxygens (including phenoxy) is 1. The zero-order valence-corrected chi connectivity index (χ0v) is 9.97. The fourth-order valence-electron chi connectivity index (χ4n) is 1.01. The van der Waals surface area contributed by atoms with Gasteiger partial charge in [0.2, 0.25) is 0 Å². The average Bonchev–Trinajstić information content (AvgIpc) is 2.14. The van der Waals surface area contributed by atoms with E-state index in [1.807, 2.05) is 6.92 Å². The quantitative estimate of drug-likeness (QED) is 0.842. The lowest BCUT2D eigenvalue weighted by molar-refractivity contribution is 0.116. The van der Waals surface area contributed by atoms with Crippen LogP contribution in [0, 0.1) is 6.92 Å². The van der Waals surface area contributed by atoms with Crippen LogP contribution in [-0.4, -0.2) is 16.6 Å². The zero-order chi connectivity index (χ0) is 10.6. The predicted molar refractivity (Wildman–Crippen MR) is 58.8 cm³/mol. The first-order valence-electron chi connectivity index (χ1n) is 4.51. The molecule has 1 aromatic heterocycles. The number of hydrogen-bond donors (Lipinski definition) is 1. The van der Waals surface area contributed by atoms with E-state index < -0.39 is 0 Å². The van der Waals surface area contributed by atoms with Crippen molar-refractivity contribution in [2.24, 2.45) is 0 Å². The monoisotopic (exact) mass is 259 g/mol. The van der Waals surface area contributed by atoms with Gasteiger partial charge in [0.15, 0.2) is 5.82 Å². The maximum absolute atomic E-state index is 5.67. The van der Waals surface area contributed by atoms with Gasteiger partial charge in [0.05, 0.1) is 10.2 Å². The minimum Gasteiger partial charge on any atom is -0.383 e. The molecule has 0 amide bonds. The molecule has 5 heteroatoms. The van der Waals surface area contributed by atoms with Gasteiger partial charge in [-0.2, -0.15) is 0 Å². The van der Waals surface area contributed by atoms with Crippen LogP contribution in [-0.2, 0) is 11.3 Å². The summed E-state index contributed by atoms with van der Waals surface area (Å²) >= 11 is 3.30. The summed E-state index contributed by atoms with van der Waals surface area (Å²) in [5, 5.41) is 0. The molecule has 0 aromatic carbocycles. The van der Waals surface area contributed by atoms with Crippen molar-refractivity contribution in [1.29, 1.82) is 0 Å². The van der Waals surface area contributed by atoms with E-state index in [-0.39, 0.29) is 0 Å².